The van der Waals surface area contributed by atoms with Crippen LogP contribution in [0.5, 0.6) is 0 Å². The molecule has 13 heavy (non-hydrogen) atoms. The molecule has 1 N–H and O–H groups in total. The molecule has 0 aromatic heterocycles. The predicted octanol–water partition coefficient (Wildman–Crippen LogP) is 3.23. The fraction of sp³-hybridized carbons (Fsp3) is 0.727. The first kappa shape index (κ1) is 12.2. The van der Waals surface area contributed by atoms with Gasteiger partial charge < -0.3 is 5.11 Å². The van der Waals surface area contributed by atoms with Crippen molar-refractivity contribution in [2.45, 2.75) is 46.0 Å². The van der Waals surface area contributed by atoms with Crippen LogP contribution in [0.3, 0.4) is 0 Å². The lowest BCUT2D eigenvalue weighted by atomic mass is 10.1. The van der Waals surface area contributed by atoms with Crippen LogP contribution in [0.15, 0.2) is 12.2 Å². The molecule has 0 heterocycles. The Kier molecular flexibility index (Phi) is 7.36. The van der Waals surface area contributed by atoms with E-state index < -0.39 is 5.97 Å². The number of hydrogen-bond acceptors (Lipinski definition) is 1. The van der Waals surface area contributed by atoms with Gasteiger partial charge in [-0.1, -0.05) is 38.8 Å². The Hall–Kier alpha value is -0.790. The number of carbonyl (C=O) groups is 1. The number of carboxylic acid groups (broad SMARTS) is 1. The molecule has 0 radical (unpaired) electrons. The highest BCUT2D eigenvalue weighted by atomic mass is 16.4. The second-order valence-corrected chi connectivity index (χ2v) is 3.28. The van der Waals surface area contributed by atoms with Crippen LogP contribution < -0.4 is 0 Å². The van der Waals surface area contributed by atoms with E-state index in [1.165, 1.54) is 19.3 Å². The lowest BCUT2D eigenvalue weighted by Gasteiger charge is -2.01. The average Bonchev–Trinajstić information content (AvgIpc) is 2.10. The van der Waals surface area contributed by atoms with Crippen LogP contribution in [0, 0.1) is 5.92 Å². The zero-order valence-electron chi connectivity index (χ0n) is 8.62. The number of rotatable bonds is 7. The van der Waals surface area contributed by atoms with E-state index in [0.717, 1.165) is 6.42 Å². The topological polar surface area (TPSA) is 37.3 Å². The van der Waals surface area contributed by atoms with Crippen LogP contribution in [0.1, 0.15) is 46.0 Å². The summed E-state index contributed by atoms with van der Waals surface area (Å²) in [5.74, 6) is -1.00. The number of carboxylic acids is 1. The van der Waals surface area contributed by atoms with Crippen molar-refractivity contribution in [1.82, 2.24) is 0 Å². The van der Waals surface area contributed by atoms with Crippen LogP contribution in [-0.2, 0) is 4.79 Å². The summed E-state index contributed by atoms with van der Waals surface area (Å²) in [6, 6.07) is 0. The van der Waals surface area contributed by atoms with Crippen molar-refractivity contribution in [3.05, 3.63) is 12.2 Å². The third kappa shape index (κ3) is 6.38. The van der Waals surface area contributed by atoms with Crippen LogP contribution in [-0.4, -0.2) is 11.1 Å². The lowest BCUT2D eigenvalue weighted by Crippen LogP contribution is -2.08. The van der Waals surface area contributed by atoms with Gasteiger partial charge in [0.1, 0.15) is 0 Å². The maximum absolute atomic E-state index is 10.6. The van der Waals surface area contributed by atoms with Gasteiger partial charge in [-0.25, -0.2) is 0 Å². The molecule has 0 aliphatic rings. The minimum atomic E-state index is -0.714. The maximum Gasteiger partial charge on any atom is 0.310 e. The Morgan fingerprint density at radius 2 is 2.08 bits per heavy atom. The highest BCUT2D eigenvalue weighted by molar-refractivity contribution is 5.71. The van der Waals surface area contributed by atoms with Crippen LogP contribution in [0.4, 0.5) is 0 Å². The Morgan fingerprint density at radius 1 is 1.38 bits per heavy atom. The predicted molar refractivity (Wildman–Crippen MR) is 54.7 cm³/mol. The van der Waals surface area contributed by atoms with E-state index in [4.69, 9.17) is 5.11 Å². The summed E-state index contributed by atoms with van der Waals surface area (Å²) in [5, 5.41) is 8.72. The van der Waals surface area contributed by atoms with Gasteiger partial charge in [-0.05, 0) is 19.3 Å². The molecule has 1 unspecified atom stereocenters. The molecule has 2 nitrogen and oxygen atoms in total. The average molecular weight is 184 g/mol. The highest BCUT2D eigenvalue weighted by Gasteiger charge is 2.09. The summed E-state index contributed by atoms with van der Waals surface area (Å²) >= 11 is 0. The second-order valence-electron chi connectivity index (χ2n) is 3.28. The molecule has 0 rings (SSSR count). The molecule has 0 aliphatic heterocycles. The van der Waals surface area contributed by atoms with Crippen molar-refractivity contribution in [3.8, 4) is 0 Å². The molecular formula is C11H20O2. The van der Waals surface area contributed by atoms with E-state index in [-0.39, 0.29) is 5.92 Å². The monoisotopic (exact) mass is 184 g/mol. The molecule has 0 spiro atoms. The molecule has 0 saturated heterocycles. The fourth-order valence-corrected chi connectivity index (χ4v) is 1.17. The third-order valence-electron chi connectivity index (χ3n) is 2.10. The van der Waals surface area contributed by atoms with Crippen molar-refractivity contribution in [2.75, 3.05) is 0 Å². The normalized spacial score (nSPS) is 13.4. The van der Waals surface area contributed by atoms with Gasteiger partial charge in [0.25, 0.3) is 0 Å². The molecule has 0 aromatic carbocycles. The van der Waals surface area contributed by atoms with E-state index in [2.05, 4.69) is 6.92 Å². The zero-order chi connectivity index (χ0) is 10.1. The van der Waals surface area contributed by atoms with Crippen molar-refractivity contribution in [3.63, 3.8) is 0 Å². The van der Waals surface area contributed by atoms with Gasteiger partial charge in [0, 0.05) is 0 Å². The largest absolute Gasteiger partial charge is 0.481 e. The molecule has 2 heteroatoms. The minimum absolute atomic E-state index is 0.290. The number of allylic oxidation sites excluding steroid dienone is 1. The summed E-state index contributed by atoms with van der Waals surface area (Å²) < 4.78 is 0. The SMILES string of the molecule is CCCCC/C=C/C(CC)C(=O)O. The fourth-order valence-electron chi connectivity index (χ4n) is 1.17. The molecule has 0 aliphatic carbocycles. The van der Waals surface area contributed by atoms with Crippen molar-refractivity contribution in [2.24, 2.45) is 5.92 Å². The zero-order valence-corrected chi connectivity index (χ0v) is 8.62. The molecule has 0 amide bonds. The van der Waals surface area contributed by atoms with E-state index in [0.29, 0.717) is 6.42 Å². The number of aliphatic carboxylic acids is 1. The summed E-state index contributed by atoms with van der Waals surface area (Å²) in [7, 11) is 0. The van der Waals surface area contributed by atoms with Crippen molar-refractivity contribution >= 4 is 5.97 Å². The second kappa shape index (κ2) is 7.84. The highest BCUT2D eigenvalue weighted by Crippen LogP contribution is 2.07. The molecule has 1 atom stereocenters. The summed E-state index contributed by atoms with van der Waals surface area (Å²) in [4.78, 5) is 10.6. The van der Waals surface area contributed by atoms with Gasteiger partial charge in [-0.2, -0.15) is 0 Å². The van der Waals surface area contributed by atoms with Crippen LogP contribution in [0.2, 0.25) is 0 Å². The Balaban J connectivity index is 3.61. The standard InChI is InChI=1S/C11H20O2/c1-3-5-6-7-8-9-10(4-2)11(12)13/h8-10H,3-7H2,1-2H3,(H,12,13)/b9-8+. The van der Waals surface area contributed by atoms with Gasteiger partial charge in [0.05, 0.1) is 5.92 Å². The Labute approximate surface area is 80.7 Å². The first-order chi connectivity index (χ1) is 6.22. The maximum atomic E-state index is 10.6. The van der Waals surface area contributed by atoms with Gasteiger partial charge in [-0.15, -0.1) is 0 Å². The third-order valence-corrected chi connectivity index (χ3v) is 2.10. The molecule has 0 saturated carbocycles. The van der Waals surface area contributed by atoms with Gasteiger partial charge in [0.15, 0.2) is 0 Å². The first-order valence-corrected chi connectivity index (χ1v) is 5.11. The van der Waals surface area contributed by atoms with Crippen molar-refractivity contribution < 1.29 is 9.90 Å². The number of hydrogen-bond donors (Lipinski definition) is 1. The van der Waals surface area contributed by atoms with Crippen LogP contribution >= 0.6 is 0 Å². The number of unbranched alkanes of at least 4 members (excludes halogenated alkanes) is 3. The molecule has 0 fully saturated rings. The van der Waals surface area contributed by atoms with E-state index in [1.807, 2.05) is 19.1 Å². The van der Waals surface area contributed by atoms with E-state index in [1.54, 1.807) is 0 Å². The molecule has 76 valence electrons. The van der Waals surface area contributed by atoms with E-state index >= 15 is 0 Å². The molecular weight excluding hydrogens is 164 g/mol. The van der Waals surface area contributed by atoms with E-state index in [9.17, 15) is 4.79 Å². The minimum Gasteiger partial charge on any atom is -0.481 e. The quantitative estimate of drug-likeness (QED) is 0.487. The Bertz CT molecular complexity index is 161. The smallest absolute Gasteiger partial charge is 0.310 e. The van der Waals surface area contributed by atoms with Gasteiger partial charge >= 0.3 is 5.97 Å². The van der Waals surface area contributed by atoms with Gasteiger partial charge in [-0.3, -0.25) is 4.79 Å². The Morgan fingerprint density at radius 3 is 2.54 bits per heavy atom. The lowest BCUT2D eigenvalue weighted by molar-refractivity contribution is -0.140. The van der Waals surface area contributed by atoms with Crippen LogP contribution in [0.25, 0.3) is 0 Å². The summed E-state index contributed by atoms with van der Waals surface area (Å²) in [6.45, 7) is 4.06. The summed E-state index contributed by atoms with van der Waals surface area (Å²) in [6.07, 6.45) is 9.12. The molecule has 0 bridgehead atoms. The van der Waals surface area contributed by atoms with Crippen molar-refractivity contribution in [1.29, 1.82) is 0 Å². The summed E-state index contributed by atoms with van der Waals surface area (Å²) in [5.41, 5.74) is 0. The first-order valence-electron chi connectivity index (χ1n) is 5.11. The molecule has 0 aromatic rings. The van der Waals surface area contributed by atoms with Gasteiger partial charge in [0.2, 0.25) is 0 Å².